The smallest absolute Gasteiger partial charge is 0.335 e. The zero-order valence-electron chi connectivity index (χ0n) is 18.0. The number of anilines is 1. The molecule has 164 valence electrons. The number of rotatable bonds is 6. The van der Waals surface area contributed by atoms with Crippen LogP contribution in [0.3, 0.4) is 0 Å². The monoisotopic (exact) mass is 433 g/mol. The van der Waals surface area contributed by atoms with Gasteiger partial charge in [-0.15, -0.1) is 0 Å². The number of aromatic carboxylic acids is 1. The van der Waals surface area contributed by atoms with E-state index in [1.807, 2.05) is 36.4 Å². The first-order valence-electron chi connectivity index (χ1n) is 10.0. The van der Waals surface area contributed by atoms with Gasteiger partial charge in [0.1, 0.15) is 5.75 Å². The molecule has 0 unspecified atom stereocenters. The highest BCUT2D eigenvalue weighted by atomic mass is 16.5. The van der Waals surface area contributed by atoms with E-state index < -0.39 is 12.0 Å². The van der Waals surface area contributed by atoms with E-state index in [1.54, 1.807) is 38.4 Å². The third kappa shape index (κ3) is 3.73. The Balaban J connectivity index is 1.90. The van der Waals surface area contributed by atoms with Crippen LogP contribution < -0.4 is 19.1 Å². The van der Waals surface area contributed by atoms with Gasteiger partial charge in [0.2, 0.25) is 5.91 Å². The molecule has 1 aliphatic heterocycles. The van der Waals surface area contributed by atoms with Gasteiger partial charge in [-0.05, 0) is 65.2 Å². The fraction of sp³-hybridized carbons (Fsp3) is 0.200. The number of hydrogen-bond donors (Lipinski definition) is 1. The number of carbonyl (C=O) groups excluding carboxylic acids is 1. The van der Waals surface area contributed by atoms with E-state index in [0.717, 1.165) is 16.7 Å². The molecule has 7 heteroatoms. The van der Waals surface area contributed by atoms with Gasteiger partial charge in [0.05, 0.1) is 39.4 Å². The minimum absolute atomic E-state index is 0.103. The molecule has 0 aliphatic carbocycles. The zero-order valence-corrected chi connectivity index (χ0v) is 18.0. The van der Waals surface area contributed by atoms with Crippen LogP contribution in [0, 0.1) is 0 Å². The van der Waals surface area contributed by atoms with Gasteiger partial charge in [-0.25, -0.2) is 4.79 Å². The van der Waals surface area contributed by atoms with Crippen molar-refractivity contribution in [1.82, 2.24) is 0 Å². The number of carbonyl (C=O) groups is 2. The maximum Gasteiger partial charge on any atom is 0.335 e. The molecule has 32 heavy (non-hydrogen) atoms. The number of carboxylic acid groups (broad SMARTS) is 1. The van der Waals surface area contributed by atoms with Crippen molar-refractivity contribution in [2.45, 2.75) is 12.5 Å². The van der Waals surface area contributed by atoms with Gasteiger partial charge in [-0.2, -0.15) is 0 Å². The highest BCUT2D eigenvalue weighted by Gasteiger charge is 2.36. The number of fused-ring (bicyclic) bond motifs is 1. The van der Waals surface area contributed by atoms with Crippen molar-refractivity contribution in [3.63, 3.8) is 0 Å². The fourth-order valence-corrected chi connectivity index (χ4v) is 4.05. The molecule has 0 aromatic heterocycles. The van der Waals surface area contributed by atoms with E-state index in [0.29, 0.717) is 22.9 Å². The highest BCUT2D eigenvalue weighted by Crippen LogP contribution is 2.43. The summed E-state index contributed by atoms with van der Waals surface area (Å²) < 4.78 is 16.2. The molecule has 3 aromatic carbocycles. The van der Waals surface area contributed by atoms with Crippen LogP contribution in [0.5, 0.6) is 17.2 Å². The van der Waals surface area contributed by atoms with Gasteiger partial charge in [-0.3, -0.25) is 4.79 Å². The second-order valence-corrected chi connectivity index (χ2v) is 7.37. The summed E-state index contributed by atoms with van der Waals surface area (Å²) in [6.07, 6.45) is 0.184. The van der Waals surface area contributed by atoms with E-state index in [1.165, 1.54) is 12.1 Å². The molecule has 1 atom stereocenters. The average Bonchev–Trinajstić information content (AvgIpc) is 2.82. The Morgan fingerprint density at radius 1 is 0.906 bits per heavy atom. The van der Waals surface area contributed by atoms with Crippen molar-refractivity contribution in [1.29, 1.82) is 0 Å². The van der Waals surface area contributed by atoms with Crippen LogP contribution in [-0.2, 0) is 11.2 Å². The second kappa shape index (κ2) is 8.63. The predicted octanol–water partition coefficient (Wildman–Crippen LogP) is 4.09. The summed E-state index contributed by atoms with van der Waals surface area (Å²) >= 11 is 0. The molecular formula is C25H23NO6. The summed E-state index contributed by atoms with van der Waals surface area (Å²) in [7, 11) is 4.73. The Labute approximate surface area is 185 Å². The van der Waals surface area contributed by atoms with Crippen molar-refractivity contribution in [2.24, 2.45) is 0 Å². The molecule has 0 bridgehead atoms. The fourth-order valence-electron chi connectivity index (χ4n) is 4.05. The Bertz CT molecular complexity index is 1150. The van der Waals surface area contributed by atoms with Gasteiger partial charge in [-0.1, -0.05) is 12.1 Å². The highest BCUT2D eigenvalue weighted by molar-refractivity contribution is 5.99. The van der Waals surface area contributed by atoms with E-state index in [2.05, 4.69) is 0 Å². The summed E-state index contributed by atoms with van der Waals surface area (Å²) in [4.78, 5) is 26.3. The minimum atomic E-state index is -1.02. The van der Waals surface area contributed by atoms with E-state index in [9.17, 15) is 14.7 Å². The Morgan fingerprint density at radius 3 is 2.09 bits per heavy atom. The maximum atomic E-state index is 13.4. The molecule has 0 saturated carbocycles. The van der Waals surface area contributed by atoms with Crippen LogP contribution in [0.4, 0.5) is 5.69 Å². The number of benzene rings is 3. The standard InChI is InChI=1S/C25H23NO6/c1-30-19-10-6-15(7-11-19)24-20-14-22(32-3)21(31-2)12-17(20)13-23(27)26(24)18-8-4-16(5-9-18)25(28)29/h4-12,14,24H,13H2,1-3H3,(H,28,29)/t24-/m0/s1. The first-order valence-corrected chi connectivity index (χ1v) is 10.0. The first-order chi connectivity index (χ1) is 15.5. The molecule has 4 rings (SSSR count). The van der Waals surface area contributed by atoms with Crippen LogP contribution >= 0.6 is 0 Å². The molecule has 7 nitrogen and oxygen atoms in total. The number of carboxylic acids is 1. The van der Waals surface area contributed by atoms with Crippen molar-refractivity contribution in [2.75, 3.05) is 26.2 Å². The van der Waals surface area contributed by atoms with Crippen LogP contribution in [0.1, 0.15) is 33.1 Å². The predicted molar refractivity (Wildman–Crippen MR) is 119 cm³/mol. The van der Waals surface area contributed by atoms with Crippen molar-refractivity contribution in [3.8, 4) is 17.2 Å². The quantitative estimate of drug-likeness (QED) is 0.630. The normalized spacial score (nSPS) is 15.2. The minimum Gasteiger partial charge on any atom is -0.497 e. The molecule has 0 radical (unpaired) electrons. The van der Waals surface area contributed by atoms with Crippen molar-refractivity contribution < 1.29 is 28.9 Å². The van der Waals surface area contributed by atoms with Crippen LogP contribution in [0.2, 0.25) is 0 Å². The lowest BCUT2D eigenvalue weighted by Gasteiger charge is -2.38. The lowest BCUT2D eigenvalue weighted by molar-refractivity contribution is -0.118. The molecular weight excluding hydrogens is 410 g/mol. The third-order valence-corrected chi connectivity index (χ3v) is 5.63. The van der Waals surface area contributed by atoms with Gasteiger partial charge < -0.3 is 24.2 Å². The summed E-state index contributed by atoms with van der Waals surface area (Å²) in [5.41, 5.74) is 3.42. The Kier molecular flexibility index (Phi) is 5.73. The summed E-state index contributed by atoms with van der Waals surface area (Å²) in [6, 6.07) is 17.1. The lowest BCUT2D eigenvalue weighted by Crippen LogP contribution is -2.41. The summed E-state index contributed by atoms with van der Waals surface area (Å²) in [6.45, 7) is 0. The van der Waals surface area contributed by atoms with Crippen molar-refractivity contribution in [3.05, 3.63) is 82.9 Å². The Morgan fingerprint density at radius 2 is 1.53 bits per heavy atom. The SMILES string of the molecule is COc1ccc([C@H]2c3cc(OC)c(OC)cc3CC(=O)N2c2ccc(C(=O)O)cc2)cc1. The number of amides is 1. The van der Waals surface area contributed by atoms with Crippen LogP contribution in [-0.4, -0.2) is 38.3 Å². The van der Waals surface area contributed by atoms with Crippen LogP contribution in [0.25, 0.3) is 0 Å². The number of hydrogen-bond acceptors (Lipinski definition) is 5. The molecule has 3 aromatic rings. The van der Waals surface area contributed by atoms with Gasteiger partial charge >= 0.3 is 5.97 Å². The topological polar surface area (TPSA) is 85.3 Å². The molecule has 1 aliphatic rings. The average molecular weight is 433 g/mol. The van der Waals surface area contributed by atoms with Crippen LogP contribution in [0.15, 0.2) is 60.7 Å². The summed E-state index contributed by atoms with van der Waals surface area (Å²) in [5.74, 6) is 0.719. The van der Waals surface area contributed by atoms with Gasteiger partial charge in [0.25, 0.3) is 0 Å². The largest absolute Gasteiger partial charge is 0.497 e. The molecule has 1 N–H and O–H groups in total. The number of ether oxygens (including phenoxy) is 3. The molecule has 1 heterocycles. The summed E-state index contributed by atoms with van der Waals surface area (Å²) in [5, 5.41) is 9.24. The van der Waals surface area contributed by atoms with Crippen molar-refractivity contribution >= 4 is 17.6 Å². The Hall–Kier alpha value is -4.00. The zero-order chi connectivity index (χ0) is 22.8. The maximum absolute atomic E-state index is 13.4. The van der Waals surface area contributed by atoms with E-state index in [4.69, 9.17) is 14.2 Å². The van der Waals surface area contributed by atoms with E-state index >= 15 is 0 Å². The lowest BCUT2D eigenvalue weighted by atomic mass is 9.86. The van der Waals surface area contributed by atoms with E-state index in [-0.39, 0.29) is 17.9 Å². The van der Waals surface area contributed by atoms with Gasteiger partial charge in [0, 0.05) is 5.69 Å². The number of nitrogens with zero attached hydrogens (tertiary/aromatic N) is 1. The molecule has 0 fully saturated rings. The first kappa shape index (κ1) is 21.2. The molecule has 0 saturated heterocycles. The molecule has 1 amide bonds. The van der Waals surface area contributed by atoms with Gasteiger partial charge in [0.15, 0.2) is 11.5 Å². The second-order valence-electron chi connectivity index (χ2n) is 7.37. The number of methoxy groups -OCH3 is 3. The third-order valence-electron chi connectivity index (χ3n) is 5.63. The molecule has 0 spiro atoms.